The molecule has 0 aliphatic carbocycles. The Kier molecular flexibility index (Phi) is 12.4. The molecule has 2 fully saturated rings. The van der Waals surface area contributed by atoms with Crippen molar-refractivity contribution in [1.29, 1.82) is 0 Å². The maximum absolute atomic E-state index is 16.9. The second-order valence-corrected chi connectivity index (χ2v) is 17.9. The van der Waals surface area contributed by atoms with Crippen molar-refractivity contribution in [3.63, 3.8) is 0 Å². The van der Waals surface area contributed by atoms with Gasteiger partial charge in [-0.2, -0.15) is 9.97 Å². The third-order valence-corrected chi connectivity index (χ3v) is 9.50. The quantitative estimate of drug-likeness (QED) is 0.0794. The second-order valence-electron chi connectivity index (χ2n) is 17.5. The van der Waals surface area contributed by atoms with Crippen molar-refractivity contribution in [2.24, 2.45) is 4.99 Å². The Bertz CT molecular complexity index is 2220. The number of guanidine groups is 1. The average Bonchev–Trinajstić information content (AvgIpc) is 3.38. The molecule has 0 radical (unpaired) electrons. The highest BCUT2D eigenvalue weighted by Gasteiger charge is 2.45. The number of hydrogen-bond donors (Lipinski definition) is 2. The van der Waals surface area contributed by atoms with Gasteiger partial charge in [0.05, 0.1) is 24.1 Å². The topological polar surface area (TPSA) is 170 Å². The molecule has 2 unspecified atom stereocenters. The van der Waals surface area contributed by atoms with Crippen LogP contribution in [0.3, 0.4) is 0 Å². The zero-order valence-electron chi connectivity index (χ0n) is 34.9. The van der Waals surface area contributed by atoms with Crippen LogP contribution in [-0.4, -0.2) is 99.2 Å². The molecule has 59 heavy (non-hydrogen) atoms. The molecule has 316 valence electrons. The van der Waals surface area contributed by atoms with Gasteiger partial charge in [0.25, 0.3) is 0 Å². The van der Waals surface area contributed by atoms with Gasteiger partial charge in [0.2, 0.25) is 5.96 Å². The van der Waals surface area contributed by atoms with Crippen LogP contribution in [0.5, 0.6) is 6.01 Å². The van der Waals surface area contributed by atoms with E-state index < -0.39 is 34.8 Å². The number of nitrogens with one attached hydrogen (secondary N) is 2. The summed E-state index contributed by atoms with van der Waals surface area (Å²) in [7, 11) is 0. The third kappa shape index (κ3) is 10.8. The molecular formula is C42H52ClFN8O7. The van der Waals surface area contributed by atoms with Crippen LogP contribution in [0.15, 0.2) is 47.6 Å². The minimum absolute atomic E-state index is 0.00408. The number of benzene rings is 2. The maximum Gasteiger partial charge on any atom is 0.414 e. The van der Waals surface area contributed by atoms with Crippen LogP contribution in [0.1, 0.15) is 81.6 Å². The number of amides is 3. The number of pyridine rings is 1. The monoisotopic (exact) mass is 834 g/mol. The zero-order chi connectivity index (χ0) is 42.9. The maximum atomic E-state index is 16.9. The largest absolute Gasteiger partial charge is 0.463 e. The van der Waals surface area contributed by atoms with E-state index in [1.165, 1.54) is 0 Å². The van der Waals surface area contributed by atoms with Gasteiger partial charge < -0.3 is 23.8 Å². The normalized spacial score (nSPS) is 16.8. The van der Waals surface area contributed by atoms with Crippen molar-refractivity contribution in [2.75, 3.05) is 31.1 Å². The molecule has 2 aliphatic rings. The number of ether oxygens (including phenoxy) is 4. The van der Waals surface area contributed by atoms with E-state index >= 15 is 4.39 Å². The van der Waals surface area contributed by atoms with Crippen LogP contribution in [0.2, 0.25) is 5.02 Å². The minimum atomic E-state index is -0.817. The lowest BCUT2D eigenvalue weighted by molar-refractivity contribution is 0.0122. The van der Waals surface area contributed by atoms with E-state index in [4.69, 9.17) is 35.5 Å². The predicted molar refractivity (Wildman–Crippen MR) is 223 cm³/mol. The molecule has 2 saturated heterocycles. The van der Waals surface area contributed by atoms with Crippen LogP contribution in [0, 0.1) is 5.82 Å². The summed E-state index contributed by atoms with van der Waals surface area (Å²) >= 11 is 6.64. The lowest BCUT2D eigenvalue weighted by Gasteiger charge is -2.42. The van der Waals surface area contributed by atoms with Crippen LogP contribution in [0.4, 0.5) is 24.6 Å². The van der Waals surface area contributed by atoms with Crippen LogP contribution >= 0.6 is 11.6 Å². The number of rotatable bonds is 7. The Labute approximate surface area is 348 Å². The highest BCUT2D eigenvalue weighted by atomic mass is 35.5. The summed E-state index contributed by atoms with van der Waals surface area (Å²) in [5, 5.41) is 7.23. The summed E-state index contributed by atoms with van der Waals surface area (Å²) in [4.78, 5) is 60.5. The Morgan fingerprint density at radius 3 is 2.05 bits per heavy atom. The molecule has 2 atom stereocenters. The van der Waals surface area contributed by atoms with E-state index in [-0.39, 0.29) is 60.9 Å². The van der Waals surface area contributed by atoms with E-state index in [1.807, 2.05) is 54.8 Å². The number of fused-ring (bicyclic) bond motifs is 4. The van der Waals surface area contributed by atoms with Gasteiger partial charge in [-0.15, -0.1) is 0 Å². The highest BCUT2D eigenvalue weighted by Crippen LogP contribution is 2.39. The summed E-state index contributed by atoms with van der Waals surface area (Å²) in [6, 6.07) is 10.6. The summed E-state index contributed by atoms with van der Waals surface area (Å²) < 4.78 is 39.4. The fraction of sp³-hybridized carbons (Fsp3) is 0.500. The van der Waals surface area contributed by atoms with Gasteiger partial charge in [-0.3, -0.25) is 25.5 Å². The number of hydrogen-bond acceptors (Lipinski definition) is 12. The first-order valence-corrected chi connectivity index (χ1v) is 20.0. The number of carbonyl (C=O) groups excluding carboxylic acids is 3. The number of nitrogens with zero attached hydrogens (tertiary/aromatic N) is 6. The van der Waals surface area contributed by atoms with Crippen molar-refractivity contribution in [1.82, 2.24) is 30.5 Å². The number of halogens is 2. The van der Waals surface area contributed by atoms with E-state index in [2.05, 4.69) is 25.6 Å². The molecule has 6 rings (SSSR count). The number of piperazine rings is 1. The summed E-state index contributed by atoms with van der Waals surface area (Å²) in [6.07, 6.45) is 1.41. The molecule has 0 saturated carbocycles. The van der Waals surface area contributed by atoms with Gasteiger partial charge in [0.15, 0.2) is 5.82 Å². The molecule has 15 nitrogen and oxygen atoms in total. The fourth-order valence-electron chi connectivity index (χ4n) is 7.03. The van der Waals surface area contributed by atoms with Gasteiger partial charge in [-0.25, -0.2) is 18.8 Å². The smallest absolute Gasteiger partial charge is 0.414 e. The van der Waals surface area contributed by atoms with Gasteiger partial charge in [0.1, 0.15) is 33.8 Å². The van der Waals surface area contributed by atoms with Crippen LogP contribution in [0.25, 0.3) is 32.9 Å². The number of alkyl carbamates (subject to hydrolysis) is 2. The van der Waals surface area contributed by atoms with Crippen molar-refractivity contribution < 1.29 is 37.7 Å². The Hall–Kier alpha value is -5.51. The second kappa shape index (κ2) is 17.0. The number of carbonyl (C=O) groups is 3. The predicted octanol–water partition coefficient (Wildman–Crippen LogP) is 8.40. The van der Waals surface area contributed by atoms with Crippen molar-refractivity contribution >= 4 is 63.3 Å². The molecule has 2 bridgehead atoms. The van der Waals surface area contributed by atoms with Crippen LogP contribution in [-0.2, 0) is 14.2 Å². The summed E-state index contributed by atoms with van der Waals surface area (Å²) in [5.74, 6) is -0.425. The molecule has 3 amide bonds. The molecule has 17 heteroatoms. The third-order valence-electron chi connectivity index (χ3n) is 9.18. The van der Waals surface area contributed by atoms with Gasteiger partial charge in [-0.1, -0.05) is 41.9 Å². The summed E-state index contributed by atoms with van der Waals surface area (Å²) in [6.45, 7) is 16.7. The molecule has 2 aromatic carbocycles. The number of anilines is 1. The van der Waals surface area contributed by atoms with Crippen molar-refractivity contribution in [2.45, 2.75) is 110 Å². The average molecular weight is 835 g/mol. The molecule has 4 aromatic rings. The standard InChI is InChI=1S/C42H52ClFN8O7/c1-40(2,3)57-37(53)49-35(50-38(54)58-41(4,5)6)45-19-12-20-56-36-47-33-28(21-46-32(31(33)44)27-15-10-13-24-14-11-16-29(43)30(24)27)34(48-36)51-22-25-17-18-26(23-51)52(25)39(55)59-42(7,8)9/h10-11,13-16,21,25-26H,12,17-20,22-23H2,1-9H3,(H2,45,49,50,53,54). The first-order chi connectivity index (χ1) is 27.7. The van der Waals surface area contributed by atoms with Gasteiger partial charge >= 0.3 is 24.3 Å². The minimum Gasteiger partial charge on any atom is -0.463 e. The number of aromatic nitrogens is 3. The lowest BCUT2D eigenvalue weighted by Crippen LogP contribution is -2.57. The van der Waals surface area contributed by atoms with Crippen molar-refractivity contribution in [3.05, 3.63) is 53.4 Å². The van der Waals surface area contributed by atoms with Crippen LogP contribution < -0.4 is 20.3 Å². The van der Waals surface area contributed by atoms with E-state index in [1.54, 1.807) is 59.9 Å². The lowest BCUT2D eigenvalue weighted by atomic mass is 10.0. The Morgan fingerprint density at radius 2 is 1.46 bits per heavy atom. The van der Waals surface area contributed by atoms with Gasteiger partial charge in [0, 0.05) is 48.2 Å². The fourth-order valence-corrected chi connectivity index (χ4v) is 7.31. The van der Waals surface area contributed by atoms with Gasteiger partial charge in [-0.05, 0) is 86.6 Å². The molecule has 4 heterocycles. The van der Waals surface area contributed by atoms with E-state index in [9.17, 15) is 14.4 Å². The molecule has 2 aliphatic heterocycles. The SMILES string of the molecule is CC(C)(C)OC(=O)NC(=NCCCOc1nc(N2CC3CCC(C2)N3C(=O)OC(C)(C)C)c2cnc(-c3cccc4cccc(Cl)c34)c(F)c2n1)NC(=O)OC(C)(C)C. The molecule has 0 spiro atoms. The Morgan fingerprint density at radius 1 is 0.864 bits per heavy atom. The van der Waals surface area contributed by atoms with Crippen molar-refractivity contribution in [3.8, 4) is 17.3 Å². The summed E-state index contributed by atoms with van der Waals surface area (Å²) in [5.41, 5.74) is -1.65. The highest BCUT2D eigenvalue weighted by molar-refractivity contribution is 6.36. The van der Waals surface area contributed by atoms with E-state index in [0.29, 0.717) is 40.3 Å². The molecule has 2 N–H and O–H groups in total. The Balaban J connectivity index is 1.29. The number of aliphatic imine (C=N–C) groups is 1. The van der Waals surface area contributed by atoms with E-state index in [0.717, 1.165) is 18.2 Å². The molecular weight excluding hydrogens is 783 g/mol. The first-order valence-electron chi connectivity index (χ1n) is 19.6. The molecule has 2 aromatic heterocycles. The zero-order valence-corrected chi connectivity index (χ0v) is 35.7. The first kappa shape index (κ1) is 43.1.